The van der Waals surface area contributed by atoms with Crippen LogP contribution in [0.4, 0.5) is 0 Å². The average molecular weight is 165 g/mol. The summed E-state index contributed by atoms with van der Waals surface area (Å²) in [5, 5.41) is 0. The van der Waals surface area contributed by atoms with Crippen molar-refractivity contribution < 1.29 is 4.79 Å². The Morgan fingerprint density at radius 1 is 1.58 bits per heavy atom. The zero-order chi connectivity index (χ0) is 8.97. The molecule has 1 amide bonds. The van der Waals surface area contributed by atoms with Crippen LogP contribution in [0.15, 0.2) is 0 Å². The number of likely N-dealkylation sites (tertiary alicyclic amines) is 1. The van der Waals surface area contributed by atoms with Crippen LogP contribution in [0.1, 0.15) is 26.7 Å². The van der Waals surface area contributed by atoms with Crippen LogP contribution in [0, 0.1) is 17.8 Å². The minimum absolute atomic E-state index is 0.0101. The molecule has 2 nitrogen and oxygen atoms in total. The number of hydrogen-bond acceptors (Lipinski definition) is 1. The lowest BCUT2D eigenvalue weighted by Gasteiger charge is -2.29. The maximum atomic E-state index is 11.3. The van der Waals surface area contributed by atoms with Crippen LogP contribution < -0.4 is 0 Å². The summed E-state index contributed by atoms with van der Waals surface area (Å²) >= 11 is 0. The second-order valence-electron chi connectivity index (χ2n) is 3.37. The van der Waals surface area contributed by atoms with Gasteiger partial charge >= 0.3 is 0 Å². The zero-order valence-corrected chi connectivity index (χ0v) is 7.76. The van der Waals surface area contributed by atoms with Crippen molar-refractivity contribution in [1.82, 2.24) is 4.90 Å². The predicted octanol–water partition coefficient (Wildman–Crippen LogP) is 1.27. The summed E-state index contributed by atoms with van der Waals surface area (Å²) in [6.45, 7) is 5.65. The maximum absolute atomic E-state index is 11.3. The predicted molar refractivity (Wildman–Crippen MR) is 48.4 cm³/mol. The fraction of sp³-hybridized carbons (Fsp3) is 0.700. The molecule has 2 heteroatoms. The third-order valence-electron chi connectivity index (χ3n) is 2.18. The van der Waals surface area contributed by atoms with Crippen LogP contribution in [0.2, 0.25) is 0 Å². The molecule has 12 heavy (non-hydrogen) atoms. The van der Waals surface area contributed by atoms with Gasteiger partial charge in [0.2, 0.25) is 0 Å². The highest BCUT2D eigenvalue weighted by atomic mass is 16.2. The molecule has 0 unspecified atom stereocenters. The van der Waals surface area contributed by atoms with E-state index in [4.69, 9.17) is 0 Å². The highest BCUT2D eigenvalue weighted by Gasteiger charge is 2.18. The van der Waals surface area contributed by atoms with E-state index in [1.807, 2.05) is 4.90 Å². The second kappa shape index (κ2) is 4.15. The van der Waals surface area contributed by atoms with Crippen molar-refractivity contribution in [3.8, 4) is 11.8 Å². The van der Waals surface area contributed by atoms with E-state index in [-0.39, 0.29) is 5.91 Å². The molecule has 1 aliphatic heterocycles. The molecule has 0 aromatic carbocycles. The SMILES string of the molecule is CC#CC(=O)N1CCC[C@H](C)C1. The molecule has 0 bridgehead atoms. The molecule has 1 rings (SSSR count). The Hall–Kier alpha value is -0.970. The summed E-state index contributed by atoms with van der Waals surface area (Å²) in [6.07, 6.45) is 2.36. The fourth-order valence-electron chi connectivity index (χ4n) is 1.56. The van der Waals surface area contributed by atoms with Crippen molar-refractivity contribution in [1.29, 1.82) is 0 Å². The molecule has 1 aliphatic rings. The topological polar surface area (TPSA) is 20.3 Å². The number of nitrogens with zero attached hydrogens (tertiary/aromatic N) is 1. The molecule has 0 aliphatic carbocycles. The molecule has 0 aromatic rings. The number of carbonyl (C=O) groups is 1. The van der Waals surface area contributed by atoms with Crippen LogP contribution in [0.25, 0.3) is 0 Å². The molecule has 0 spiro atoms. The van der Waals surface area contributed by atoms with Gasteiger partial charge in [0, 0.05) is 13.1 Å². The smallest absolute Gasteiger partial charge is 0.298 e. The van der Waals surface area contributed by atoms with Gasteiger partial charge in [0.15, 0.2) is 0 Å². The average Bonchev–Trinajstić information content (AvgIpc) is 2.05. The second-order valence-corrected chi connectivity index (χ2v) is 3.37. The summed E-state index contributed by atoms with van der Waals surface area (Å²) in [4.78, 5) is 13.1. The summed E-state index contributed by atoms with van der Waals surface area (Å²) in [5.41, 5.74) is 0. The van der Waals surface area contributed by atoms with Crippen molar-refractivity contribution in [2.24, 2.45) is 5.92 Å². The van der Waals surface area contributed by atoms with Crippen LogP contribution in [0.3, 0.4) is 0 Å². The molecule has 0 saturated carbocycles. The van der Waals surface area contributed by atoms with Gasteiger partial charge in [0.1, 0.15) is 0 Å². The first-order valence-corrected chi connectivity index (χ1v) is 4.45. The number of carbonyl (C=O) groups excluding carboxylic acids is 1. The van der Waals surface area contributed by atoms with Crippen molar-refractivity contribution in [3.63, 3.8) is 0 Å². The van der Waals surface area contributed by atoms with Crippen molar-refractivity contribution in [2.45, 2.75) is 26.7 Å². The lowest BCUT2D eigenvalue weighted by atomic mass is 10.0. The number of piperidine rings is 1. The van der Waals surface area contributed by atoms with Gasteiger partial charge in [0.05, 0.1) is 0 Å². The van der Waals surface area contributed by atoms with E-state index in [0.29, 0.717) is 5.92 Å². The van der Waals surface area contributed by atoms with E-state index in [1.54, 1.807) is 6.92 Å². The Morgan fingerprint density at radius 2 is 2.33 bits per heavy atom. The van der Waals surface area contributed by atoms with Crippen molar-refractivity contribution >= 4 is 5.91 Å². The van der Waals surface area contributed by atoms with Crippen molar-refractivity contribution in [2.75, 3.05) is 13.1 Å². The van der Waals surface area contributed by atoms with Crippen LogP contribution in [-0.2, 0) is 4.79 Å². The van der Waals surface area contributed by atoms with Gasteiger partial charge < -0.3 is 4.90 Å². The van der Waals surface area contributed by atoms with Gasteiger partial charge in [-0.3, -0.25) is 4.79 Å². The van der Waals surface area contributed by atoms with E-state index < -0.39 is 0 Å². The third kappa shape index (κ3) is 2.27. The lowest BCUT2D eigenvalue weighted by molar-refractivity contribution is -0.126. The monoisotopic (exact) mass is 165 g/mol. The summed E-state index contributed by atoms with van der Waals surface area (Å²) < 4.78 is 0. The quantitative estimate of drug-likeness (QED) is 0.495. The maximum Gasteiger partial charge on any atom is 0.298 e. The van der Waals surface area contributed by atoms with E-state index >= 15 is 0 Å². The Bertz CT molecular complexity index is 224. The first-order chi connectivity index (χ1) is 5.74. The Kier molecular flexibility index (Phi) is 3.16. The van der Waals surface area contributed by atoms with Gasteiger partial charge in [-0.05, 0) is 31.6 Å². The summed E-state index contributed by atoms with van der Waals surface area (Å²) in [6, 6.07) is 0. The molecule has 0 N–H and O–H groups in total. The normalized spacial score (nSPS) is 22.8. The van der Waals surface area contributed by atoms with Crippen LogP contribution in [-0.4, -0.2) is 23.9 Å². The van der Waals surface area contributed by atoms with Crippen molar-refractivity contribution in [3.05, 3.63) is 0 Å². The highest BCUT2D eigenvalue weighted by Crippen LogP contribution is 2.14. The lowest BCUT2D eigenvalue weighted by Crippen LogP contribution is -2.38. The standard InChI is InChI=1S/C10H15NO/c1-3-5-10(12)11-7-4-6-9(2)8-11/h9H,4,6-8H2,1-2H3/t9-/m0/s1. The van der Waals surface area contributed by atoms with Gasteiger partial charge in [-0.2, -0.15) is 0 Å². The molecule has 66 valence electrons. The highest BCUT2D eigenvalue weighted by molar-refractivity contribution is 5.93. The Balaban J connectivity index is 2.49. The van der Waals surface area contributed by atoms with E-state index in [1.165, 1.54) is 6.42 Å². The number of amides is 1. The first-order valence-electron chi connectivity index (χ1n) is 4.45. The summed E-state index contributed by atoms with van der Waals surface area (Å²) in [5.74, 6) is 5.84. The molecule has 1 atom stereocenters. The largest absolute Gasteiger partial charge is 0.332 e. The fourth-order valence-corrected chi connectivity index (χ4v) is 1.56. The molecule has 0 radical (unpaired) electrons. The molecule has 0 aromatic heterocycles. The minimum Gasteiger partial charge on any atom is -0.332 e. The van der Waals surface area contributed by atoms with Crippen LogP contribution in [0.5, 0.6) is 0 Å². The molecule has 1 saturated heterocycles. The minimum atomic E-state index is -0.0101. The van der Waals surface area contributed by atoms with Gasteiger partial charge in [0.25, 0.3) is 5.91 Å². The zero-order valence-electron chi connectivity index (χ0n) is 7.76. The third-order valence-corrected chi connectivity index (χ3v) is 2.18. The first kappa shape index (κ1) is 9.12. The van der Waals surface area contributed by atoms with E-state index in [9.17, 15) is 4.79 Å². The van der Waals surface area contributed by atoms with Gasteiger partial charge in [-0.15, -0.1) is 0 Å². The molecule has 1 heterocycles. The molecular weight excluding hydrogens is 150 g/mol. The van der Waals surface area contributed by atoms with Crippen LogP contribution >= 0.6 is 0 Å². The molecular formula is C10H15NO. The van der Waals surface area contributed by atoms with E-state index in [0.717, 1.165) is 19.5 Å². The summed E-state index contributed by atoms with van der Waals surface area (Å²) in [7, 11) is 0. The van der Waals surface area contributed by atoms with Gasteiger partial charge in [-0.1, -0.05) is 12.8 Å². The van der Waals surface area contributed by atoms with Gasteiger partial charge in [-0.25, -0.2) is 0 Å². The Labute approximate surface area is 73.9 Å². The number of rotatable bonds is 0. The van der Waals surface area contributed by atoms with E-state index in [2.05, 4.69) is 18.8 Å². The number of hydrogen-bond donors (Lipinski definition) is 0. The Morgan fingerprint density at radius 3 is 2.92 bits per heavy atom. The molecule has 1 fully saturated rings.